The number of nitrogens with zero attached hydrogens (tertiary/aromatic N) is 1. The van der Waals surface area contributed by atoms with Gasteiger partial charge in [0.15, 0.2) is 0 Å². The predicted molar refractivity (Wildman–Crippen MR) is 137 cm³/mol. The smallest absolute Gasteiger partial charge is 0.389 e. The van der Waals surface area contributed by atoms with Crippen LogP contribution in [-0.4, -0.2) is 49.1 Å². The van der Waals surface area contributed by atoms with Crippen molar-refractivity contribution >= 4 is 40.7 Å². The van der Waals surface area contributed by atoms with Gasteiger partial charge in [0.25, 0.3) is 5.91 Å². The third kappa shape index (κ3) is 8.59. The summed E-state index contributed by atoms with van der Waals surface area (Å²) in [5.41, 5.74) is 6.38. The maximum atomic E-state index is 13.3. The second kappa shape index (κ2) is 12.8. The van der Waals surface area contributed by atoms with Crippen molar-refractivity contribution in [2.75, 3.05) is 12.4 Å². The number of nitrogens with two attached hydrogens (primary N) is 1. The first-order valence-electron chi connectivity index (χ1n) is 12.1. The highest BCUT2D eigenvalue weighted by molar-refractivity contribution is 6.31. The number of hydrogen-bond acceptors (Lipinski definition) is 5. The van der Waals surface area contributed by atoms with Crippen LogP contribution in [0.5, 0.6) is 5.75 Å². The molecule has 0 radical (unpaired) electrons. The second-order valence-corrected chi connectivity index (χ2v) is 9.63. The monoisotopic (exact) mass is 606 g/mol. The van der Waals surface area contributed by atoms with Crippen molar-refractivity contribution < 1.29 is 45.5 Å². The van der Waals surface area contributed by atoms with E-state index in [2.05, 4.69) is 15.6 Å². The van der Waals surface area contributed by atoms with E-state index in [9.17, 15) is 40.7 Å². The van der Waals surface area contributed by atoms with E-state index in [1.54, 1.807) is 30.3 Å². The van der Waals surface area contributed by atoms with Crippen LogP contribution < -0.4 is 21.1 Å². The number of para-hydroxylation sites is 1. The molecule has 8 nitrogen and oxygen atoms in total. The molecule has 222 valence electrons. The molecule has 1 heterocycles. The van der Waals surface area contributed by atoms with Gasteiger partial charge in [0, 0.05) is 40.8 Å². The Morgan fingerprint density at radius 3 is 2.15 bits per heavy atom. The number of methoxy groups -OCH3 is 1. The summed E-state index contributed by atoms with van der Waals surface area (Å²) in [6.45, 7) is 0. The van der Waals surface area contributed by atoms with Crippen molar-refractivity contribution in [1.82, 2.24) is 5.32 Å². The van der Waals surface area contributed by atoms with E-state index in [1.165, 1.54) is 19.2 Å². The number of halogens is 7. The van der Waals surface area contributed by atoms with Crippen molar-refractivity contribution in [2.45, 2.75) is 44.2 Å². The average molecular weight is 607 g/mol. The van der Waals surface area contributed by atoms with Crippen LogP contribution in [-0.2, 0) is 14.4 Å². The molecule has 0 spiro atoms. The zero-order valence-corrected chi connectivity index (χ0v) is 22.2. The minimum absolute atomic E-state index is 0.162. The van der Waals surface area contributed by atoms with Gasteiger partial charge in [-0.05, 0) is 31.0 Å². The summed E-state index contributed by atoms with van der Waals surface area (Å²) in [5, 5.41) is 5.15. The number of nitrogens with one attached hydrogen (secondary N) is 2. The average Bonchev–Trinajstić information content (AvgIpc) is 3.01. The number of rotatable bonds is 10. The van der Waals surface area contributed by atoms with E-state index in [-0.39, 0.29) is 17.1 Å². The zero-order chi connectivity index (χ0) is 30.5. The highest BCUT2D eigenvalue weighted by atomic mass is 35.5. The molecule has 0 fully saturated rings. The number of anilines is 1. The minimum Gasteiger partial charge on any atom is -0.495 e. The third-order valence-corrected chi connectivity index (χ3v) is 6.57. The summed E-state index contributed by atoms with van der Waals surface area (Å²) in [5.74, 6) is -7.20. The molecule has 15 heteroatoms. The van der Waals surface area contributed by atoms with Gasteiger partial charge in [-0.15, -0.1) is 0 Å². The summed E-state index contributed by atoms with van der Waals surface area (Å²) in [6.07, 6.45) is -16.5. The first kappa shape index (κ1) is 31.7. The highest BCUT2D eigenvalue weighted by Crippen LogP contribution is 2.35. The summed E-state index contributed by atoms with van der Waals surface area (Å²) < 4.78 is 83.1. The number of alkyl halides is 6. The van der Waals surface area contributed by atoms with Gasteiger partial charge in [-0.3, -0.25) is 14.4 Å². The number of amides is 3. The Morgan fingerprint density at radius 2 is 1.61 bits per heavy atom. The third-order valence-electron chi connectivity index (χ3n) is 6.32. The van der Waals surface area contributed by atoms with E-state index in [0.717, 1.165) is 0 Å². The van der Waals surface area contributed by atoms with Gasteiger partial charge < -0.3 is 21.1 Å². The van der Waals surface area contributed by atoms with Crippen LogP contribution in [0.15, 0.2) is 47.5 Å². The molecule has 3 rings (SSSR count). The topological polar surface area (TPSA) is 123 Å². The first-order valence-corrected chi connectivity index (χ1v) is 12.5. The summed E-state index contributed by atoms with van der Waals surface area (Å²) in [7, 11) is 1.35. The number of benzodiazepines with no additional fused rings is 1. The fraction of sp³-hybridized carbons (Fsp3) is 0.385. The SMILES string of the molecule is COc1cccc2c1NC(=O)[C@@H](NC(=O)[C@@H](CCC(F)(F)F)[C@@H](CCC(F)(F)F)C(N)=O)N=C2c1ccc(Cl)cc1. The summed E-state index contributed by atoms with van der Waals surface area (Å²) >= 11 is 5.99. The molecule has 1 aliphatic heterocycles. The van der Waals surface area contributed by atoms with Crippen molar-refractivity contribution in [2.24, 2.45) is 22.6 Å². The largest absolute Gasteiger partial charge is 0.495 e. The number of hydrogen-bond donors (Lipinski definition) is 3. The van der Waals surface area contributed by atoms with Gasteiger partial charge in [-0.25, -0.2) is 4.99 Å². The van der Waals surface area contributed by atoms with Crippen molar-refractivity contribution in [3.8, 4) is 5.75 Å². The van der Waals surface area contributed by atoms with Crippen LogP contribution in [0.25, 0.3) is 0 Å². The minimum atomic E-state index is -4.79. The molecule has 0 aromatic heterocycles. The molecule has 0 bridgehead atoms. The van der Waals surface area contributed by atoms with Crippen LogP contribution in [0.1, 0.15) is 36.8 Å². The van der Waals surface area contributed by atoms with Gasteiger partial charge in [-0.2, -0.15) is 26.3 Å². The lowest BCUT2D eigenvalue weighted by atomic mass is 9.83. The number of benzene rings is 2. The Balaban J connectivity index is 2.03. The summed E-state index contributed by atoms with van der Waals surface area (Å²) in [4.78, 5) is 42.9. The molecule has 4 N–H and O–H groups in total. The lowest BCUT2D eigenvalue weighted by Gasteiger charge is -2.26. The van der Waals surface area contributed by atoms with Crippen molar-refractivity contribution in [3.63, 3.8) is 0 Å². The van der Waals surface area contributed by atoms with Gasteiger partial charge in [0.2, 0.25) is 18.0 Å². The van der Waals surface area contributed by atoms with Crippen LogP contribution in [0.4, 0.5) is 32.0 Å². The molecule has 0 saturated heterocycles. The number of carbonyl (C=O) groups is 3. The van der Waals surface area contributed by atoms with Crippen LogP contribution in [0.2, 0.25) is 5.02 Å². The second-order valence-electron chi connectivity index (χ2n) is 9.19. The Labute approximate surface area is 235 Å². The molecule has 1 aliphatic rings. The van der Waals surface area contributed by atoms with E-state index < -0.39 is 73.8 Å². The predicted octanol–water partition coefficient (Wildman–Crippen LogP) is 4.98. The maximum absolute atomic E-state index is 13.3. The molecule has 0 unspecified atom stereocenters. The van der Waals surface area contributed by atoms with E-state index in [4.69, 9.17) is 22.1 Å². The van der Waals surface area contributed by atoms with E-state index >= 15 is 0 Å². The highest BCUT2D eigenvalue weighted by Gasteiger charge is 2.40. The lowest BCUT2D eigenvalue weighted by Crippen LogP contribution is -2.48. The lowest BCUT2D eigenvalue weighted by molar-refractivity contribution is -0.152. The molecule has 2 aromatic carbocycles. The molecule has 0 saturated carbocycles. The summed E-state index contributed by atoms with van der Waals surface area (Å²) in [6, 6.07) is 11.0. The number of aliphatic imine (C=N–C) groups is 1. The van der Waals surface area contributed by atoms with E-state index in [0.29, 0.717) is 16.1 Å². The van der Waals surface area contributed by atoms with Crippen molar-refractivity contribution in [3.05, 3.63) is 58.6 Å². The number of carbonyl (C=O) groups excluding carboxylic acids is 3. The van der Waals surface area contributed by atoms with Gasteiger partial charge in [0.1, 0.15) is 5.75 Å². The standard InChI is InChI=1S/C26H25ClF6N4O4/c1-41-18-4-2-3-17-19(13-5-7-14(27)8-6-13)35-22(24(40)36-20(17)18)37-23(39)16(10-12-26(31,32)33)15(21(34)38)9-11-25(28,29)30/h2-8,15-16,22H,9-12H2,1H3,(H2,34,38)(H,36,40)(H,37,39)/t15-,16+,22-/m1/s1. The first-order chi connectivity index (χ1) is 19.1. The van der Waals surface area contributed by atoms with Gasteiger partial charge >= 0.3 is 12.4 Å². The van der Waals surface area contributed by atoms with Crippen molar-refractivity contribution in [1.29, 1.82) is 0 Å². The molecule has 3 amide bonds. The Morgan fingerprint density at radius 1 is 1.02 bits per heavy atom. The Bertz CT molecular complexity index is 1310. The molecule has 2 aromatic rings. The van der Waals surface area contributed by atoms with Crippen LogP contribution >= 0.6 is 11.6 Å². The molecular weight excluding hydrogens is 582 g/mol. The van der Waals surface area contributed by atoms with E-state index in [1.807, 2.05) is 0 Å². The van der Waals surface area contributed by atoms with Crippen LogP contribution in [0.3, 0.4) is 0 Å². The maximum Gasteiger partial charge on any atom is 0.389 e. The molecule has 0 aliphatic carbocycles. The fourth-order valence-electron chi connectivity index (χ4n) is 4.35. The van der Waals surface area contributed by atoms with Crippen LogP contribution in [0, 0.1) is 11.8 Å². The fourth-order valence-corrected chi connectivity index (χ4v) is 4.47. The number of fused-ring (bicyclic) bond motifs is 1. The quantitative estimate of drug-likeness (QED) is 0.330. The molecule has 41 heavy (non-hydrogen) atoms. The zero-order valence-electron chi connectivity index (χ0n) is 21.4. The Hall–Kier alpha value is -3.81. The molecular formula is C26H25ClF6N4O4. The molecule has 3 atom stereocenters. The van der Waals surface area contributed by atoms with Gasteiger partial charge in [-0.1, -0.05) is 35.9 Å². The Kier molecular flexibility index (Phi) is 9.89. The van der Waals surface area contributed by atoms with Gasteiger partial charge in [0.05, 0.1) is 18.5 Å². The normalized spacial score (nSPS) is 16.9. The number of primary amides is 1. The number of ether oxygens (including phenoxy) is 1.